The number of nitrogens with zero attached hydrogens (tertiary/aromatic N) is 2. The molecule has 1 aromatic rings. The maximum absolute atomic E-state index is 12.7. The second-order valence-corrected chi connectivity index (χ2v) is 7.18. The SMILES string of the molecule is CCCCCCOC(=O)C(C)N(C)C(=O)C(C)N(C)C(=O)OCc1ccccc1. The minimum Gasteiger partial charge on any atom is -0.464 e. The number of hydrogen-bond acceptors (Lipinski definition) is 5. The third-order valence-corrected chi connectivity index (χ3v) is 4.94. The zero-order valence-corrected chi connectivity index (χ0v) is 18.2. The molecule has 1 aromatic carbocycles. The average Bonchev–Trinajstić information content (AvgIpc) is 2.75. The summed E-state index contributed by atoms with van der Waals surface area (Å²) in [6.45, 7) is 5.82. The lowest BCUT2D eigenvalue weighted by Gasteiger charge is -2.30. The predicted molar refractivity (Wildman–Crippen MR) is 111 cm³/mol. The lowest BCUT2D eigenvalue weighted by Crippen LogP contribution is -2.51. The van der Waals surface area contributed by atoms with Gasteiger partial charge in [-0.3, -0.25) is 9.69 Å². The van der Waals surface area contributed by atoms with Crippen molar-refractivity contribution in [1.29, 1.82) is 0 Å². The van der Waals surface area contributed by atoms with E-state index >= 15 is 0 Å². The lowest BCUT2D eigenvalue weighted by atomic mass is 10.2. The van der Waals surface area contributed by atoms with Crippen LogP contribution in [0.3, 0.4) is 0 Å². The predicted octanol–water partition coefficient (Wildman–Crippen LogP) is 3.61. The molecule has 1 rings (SSSR count). The summed E-state index contributed by atoms with van der Waals surface area (Å²) in [4.78, 5) is 39.7. The number of hydrogen-bond donors (Lipinski definition) is 0. The number of benzene rings is 1. The molecule has 2 amide bonds. The number of rotatable bonds is 11. The van der Waals surface area contributed by atoms with E-state index in [4.69, 9.17) is 9.47 Å². The Morgan fingerprint density at radius 2 is 1.55 bits per heavy atom. The van der Waals surface area contributed by atoms with Crippen LogP contribution in [0.1, 0.15) is 52.0 Å². The molecule has 0 aliphatic rings. The molecule has 0 fully saturated rings. The molecule has 0 N–H and O–H groups in total. The molecule has 162 valence electrons. The molecule has 7 heteroatoms. The molecule has 0 aliphatic heterocycles. The number of carbonyl (C=O) groups is 3. The van der Waals surface area contributed by atoms with Gasteiger partial charge in [-0.25, -0.2) is 9.59 Å². The van der Waals surface area contributed by atoms with Crippen molar-refractivity contribution in [3.05, 3.63) is 35.9 Å². The van der Waals surface area contributed by atoms with Gasteiger partial charge < -0.3 is 14.4 Å². The van der Waals surface area contributed by atoms with Gasteiger partial charge in [0.05, 0.1) is 6.61 Å². The molecule has 7 nitrogen and oxygen atoms in total. The highest BCUT2D eigenvalue weighted by molar-refractivity contribution is 5.89. The van der Waals surface area contributed by atoms with Crippen LogP contribution in [0.15, 0.2) is 30.3 Å². The first-order valence-corrected chi connectivity index (χ1v) is 10.2. The molecule has 0 saturated heterocycles. The Morgan fingerprint density at radius 1 is 0.897 bits per heavy atom. The molecule has 0 heterocycles. The highest BCUT2D eigenvalue weighted by Crippen LogP contribution is 2.09. The van der Waals surface area contributed by atoms with Gasteiger partial charge in [0.1, 0.15) is 18.7 Å². The zero-order valence-electron chi connectivity index (χ0n) is 18.2. The summed E-state index contributed by atoms with van der Waals surface area (Å²) < 4.78 is 10.5. The van der Waals surface area contributed by atoms with Gasteiger partial charge in [0, 0.05) is 14.1 Å². The first-order valence-electron chi connectivity index (χ1n) is 10.2. The van der Waals surface area contributed by atoms with E-state index in [-0.39, 0.29) is 12.5 Å². The van der Waals surface area contributed by atoms with Crippen molar-refractivity contribution in [2.45, 2.75) is 65.1 Å². The van der Waals surface area contributed by atoms with Crippen LogP contribution in [0.2, 0.25) is 0 Å². The van der Waals surface area contributed by atoms with Gasteiger partial charge in [0.25, 0.3) is 0 Å². The van der Waals surface area contributed by atoms with Crippen molar-refractivity contribution in [2.75, 3.05) is 20.7 Å². The lowest BCUT2D eigenvalue weighted by molar-refractivity contribution is -0.154. The second kappa shape index (κ2) is 12.8. The summed E-state index contributed by atoms with van der Waals surface area (Å²) in [5.41, 5.74) is 0.862. The van der Waals surface area contributed by atoms with Crippen LogP contribution in [0.25, 0.3) is 0 Å². The first kappa shape index (κ1) is 24.5. The summed E-state index contributed by atoms with van der Waals surface area (Å²) >= 11 is 0. The standard InChI is InChI=1S/C22H34N2O5/c1-6-7-8-12-15-28-21(26)18(3)23(4)20(25)17(2)24(5)22(27)29-16-19-13-10-9-11-14-19/h9-11,13-14,17-18H,6-8,12,15-16H2,1-5H3. The average molecular weight is 407 g/mol. The molecular weight excluding hydrogens is 372 g/mol. The largest absolute Gasteiger partial charge is 0.464 e. The number of likely N-dealkylation sites (N-methyl/N-ethyl adjacent to an activating group) is 2. The Morgan fingerprint density at radius 3 is 2.17 bits per heavy atom. The molecule has 0 spiro atoms. The topological polar surface area (TPSA) is 76.2 Å². The van der Waals surface area contributed by atoms with E-state index in [1.807, 2.05) is 30.3 Å². The van der Waals surface area contributed by atoms with Crippen LogP contribution in [-0.2, 0) is 25.7 Å². The Balaban J connectivity index is 2.49. The molecular formula is C22H34N2O5. The molecule has 0 aromatic heterocycles. The van der Waals surface area contributed by atoms with Crippen LogP contribution < -0.4 is 0 Å². The van der Waals surface area contributed by atoms with Gasteiger partial charge in [-0.05, 0) is 25.8 Å². The van der Waals surface area contributed by atoms with Crippen molar-refractivity contribution in [3.8, 4) is 0 Å². The van der Waals surface area contributed by atoms with Gasteiger partial charge in [-0.15, -0.1) is 0 Å². The summed E-state index contributed by atoms with van der Waals surface area (Å²) in [5.74, 6) is -0.807. The van der Waals surface area contributed by atoms with E-state index in [1.165, 1.54) is 23.9 Å². The smallest absolute Gasteiger partial charge is 0.410 e. The molecule has 0 saturated carbocycles. The van der Waals surface area contributed by atoms with Crippen molar-refractivity contribution in [2.24, 2.45) is 0 Å². The van der Waals surface area contributed by atoms with E-state index in [9.17, 15) is 14.4 Å². The molecule has 29 heavy (non-hydrogen) atoms. The number of carbonyl (C=O) groups excluding carboxylic acids is 3. The first-order chi connectivity index (χ1) is 13.8. The van der Waals surface area contributed by atoms with E-state index in [0.717, 1.165) is 31.2 Å². The Labute approximate surface area is 174 Å². The minimum atomic E-state index is -0.775. The monoisotopic (exact) mass is 406 g/mol. The minimum absolute atomic E-state index is 0.127. The fourth-order valence-electron chi connectivity index (χ4n) is 2.61. The summed E-state index contributed by atoms with van der Waals surface area (Å²) in [6.07, 6.45) is 3.45. The van der Waals surface area contributed by atoms with Gasteiger partial charge >= 0.3 is 12.1 Å². The number of esters is 1. The van der Waals surface area contributed by atoms with Crippen molar-refractivity contribution in [1.82, 2.24) is 9.80 Å². The van der Waals surface area contributed by atoms with E-state index < -0.39 is 24.1 Å². The van der Waals surface area contributed by atoms with Crippen LogP contribution in [0.4, 0.5) is 4.79 Å². The maximum atomic E-state index is 12.7. The van der Waals surface area contributed by atoms with E-state index in [0.29, 0.717) is 6.61 Å². The second-order valence-electron chi connectivity index (χ2n) is 7.18. The quantitative estimate of drug-likeness (QED) is 0.414. The van der Waals surface area contributed by atoms with Gasteiger partial charge in [-0.2, -0.15) is 0 Å². The third kappa shape index (κ3) is 8.13. The van der Waals surface area contributed by atoms with Crippen molar-refractivity contribution >= 4 is 18.0 Å². The number of ether oxygens (including phenoxy) is 2. The molecule has 0 radical (unpaired) electrons. The number of unbranched alkanes of at least 4 members (excludes halogenated alkanes) is 3. The summed E-state index contributed by atoms with van der Waals surface area (Å²) in [7, 11) is 3.03. The summed E-state index contributed by atoms with van der Waals surface area (Å²) in [6, 6.07) is 7.80. The molecule has 2 atom stereocenters. The highest BCUT2D eigenvalue weighted by Gasteiger charge is 2.31. The van der Waals surface area contributed by atoms with Crippen molar-refractivity contribution < 1.29 is 23.9 Å². The highest BCUT2D eigenvalue weighted by atomic mass is 16.6. The molecule has 0 aliphatic carbocycles. The maximum Gasteiger partial charge on any atom is 0.410 e. The van der Waals surface area contributed by atoms with Gasteiger partial charge in [0.2, 0.25) is 5.91 Å². The molecule has 0 bridgehead atoms. The Bertz CT molecular complexity index is 650. The number of amides is 2. The Hall–Kier alpha value is -2.57. The Kier molecular flexibility index (Phi) is 10.8. The van der Waals surface area contributed by atoms with Crippen LogP contribution in [0.5, 0.6) is 0 Å². The van der Waals surface area contributed by atoms with Gasteiger partial charge in [0.15, 0.2) is 0 Å². The zero-order chi connectivity index (χ0) is 21.8. The normalized spacial score (nSPS) is 12.6. The van der Waals surface area contributed by atoms with E-state index in [2.05, 4.69) is 6.92 Å². The molecule has 2 unspecified atom stereocenters. The van der Waals surface area contributed by atoms with E-state index in [1.54, 1.807) is 13.8 Å². The van der Waals surface area contributed by atoms with Crippen LogP contribution in [0, 0.1) is 0 Å². The van der Waals surface area contributed by atoms with Crippen LogP contribution in [-0.4, -0.2) is 60.6 Å². The van der Waals surface area contributed by atoms with Crippen molar-refractivity contribution in [3.63, 3.8) is 0 Å². The van der Waals surface area contributed by atoms with Crippen LogP contribution >= 0.6 is 0 Å². The van der Waals surface area contributed by atoms with Gasteiger partial charge in [-0.1, -0.05) is 56.5 Å². The third-order valence-electron chi connectivity index (χ3n) is 4.94. The fourth-order valence-corrected chi connectivity index (χ4v) is 2.61. The summed E-state index contributed by atoms with van der Waals surface area (Å²) in [5, 5.41) is 0. The fraction of sp³-hybridized carbons (Fsp3) is 0.591.